The summed E-state index contributed by atoms with van der Waals surface area (Å²) in [5.41, 5.74) is 8.65. The number of hydrogen-bond acceptors (Lipinski definition) is 4. The molecule has 1 heterocycles. The molecule has 4 N–H and O–H groups in total. The fourth-order valence-electron chi connectivity index (χ4n) is 3.98. The van der Waals surface area contributed by atoms with Crippen molar-refractivity contribution >= 4 is 17.6 Å². The predicted molar refractivity (Wildman–Crippen MR) is 114 cm³/mol. The fraction of sp³-hybridized carbons (Fsp3) is 0.435. The molecule has 1 aromatic heterocycles. The van der Waals surface area contributed by atoms with E-state index in [1.165, 1.54) is 5.56 Å². The Morgan fingerprint density at radius 1 is 1.17 bits per heavy atom. The van der Waals surface area contributed by atoms with E-state index in [1.54, 1.807) is 13.0 Å². The normalized spacial score (nSPS) is 19.9. The third kappa shape index (κ3) is 5.56. The highest BCUT2D eigenvalue weighted by atomic mass is 16.2. The molecule has 1 fully saturated rings. The summed E-state index contributed by atoms with van der Waals surface area (Å²) in [5.74, 6) is 0.585. The number of nitrogens with one attached hydrogen (secondary N) is 2. The summed E-state index contributed by atoms with van der Waals surface area (Å²) in [5, 5.41) is 5.76. The molecule has 0 saturated heterocycles. The molecule has 154 valence electrons. The molecule has 3 rings (SSSR count). The maximum absolute atomic E-state index is 12.7. The third-order valence-corrected chi connectivity index (χ3v) is 5.74. The van der Waals surface area contributed by atoms with Crippen LogP contribution in [0.1, 0.15) is 55.3 Å². The zero-order chi connectivity index (χ0) is 20.8. The van der Waals surface area contributed by atoms with Gasteiger partial charge in [0.1, 0.15) is 11.9 Å². The van der Waals surface area contributed by atoms with Crippen LogP contribution in [0.5, 0.6) is 0 Å². The molecule has 1 unspecified atom stereocenters. The Bertz CT molecular complexity index is 853. The summed E-state index contributed by atoms with van der Waals surface area (Å²) in [4.78, 5) is 29.4. The van der Waals surface area contributed by atoms with Gasteiger partial charge in [0.05, 0.1) is 0 Å². The van der Waals surface area contributed by atoms with Gasteiger partial charge < -0.3 is 16.4 Å². The van der Waals surface area contributed by atoms with Crippen molar-refractivity contribution in [2.24, 2.45) is 5.92 Å². The van der Waals surface area contributed by atoms with Crippen molar-refractivity contribution < 1.29 is 9.59 Å². The molecule has 1 saturated carbocycles. The van der Waals surface area contributed by atoms with Gasteiger partial charge in [0.15, 0.2) is 0 Å². The quantitative estimate of drug-likeness (QED) is 0.701. The van der Waals surface area contributed by atoms with Crippen LogP contribution >= 0.6 is 0 Å². The lowest BCUT2D eigenvalue weighted by molar-refractivity contribution is -0.131. The van der Waals surface area contributed by atoms with Crippen LogP contribution in [-0.2, 0) is 16.1 Å². The Morgan fingerprint density at radius 2 is 1.93 bits per heavy atom. The number of hydrogen-bond donors (Lipinski definition) is 3. The maximum atomic E-state index is 12.7. The summed E-state index contributed by atoms with van der Waals surface area (Å²) in [7, 11) is 0. The first-order valence-electron chi connectivity index (χ1n) is 10.3. The van der Waals surface area contributed by atoms with Gasteiger partial charge in [-0.2, -0.15) is 0 Å². The van der Waals surface area contributed by atoms with E-state index >= 15 is 0 Å². The fourth-order valence-corrected chi connectivity index (χ4v) is 3.98. The second-order valence-corrected chi connectivity index (χ2v) is 7.90. The molecule has 1 aliphatic carbocycles. The van der Waals surface area contributed by atoms with Gasteiger partial charge in [0, 0.05) is 18.2 Å². The highest BCUT2D eigenvalue weighted by Gasteiger charge is 2.29. The lowest BCUT2D eigenvalue weighted by Crippen LogP contribution is -2.47. The van der Waals surface area contributed by atoms with Crippen LogP contribution in [-0.4, -0.2) is 22.8 Å². The zero-order valence-corrected chi connectivity index (χ0v) is 17.2. The SMILES string of the molecule is Cc1nc(N)ccc1CNC(=O)C(C)NC(=O)[C@@H]1CCC[C@H](c2ccccc2)C1. The Balaban J connectivity index is 1.50. The van der Waals surface area contributed by atoms with Gasteiger partial charge in [0.2, 0.25) is 11.8 Å². The monoisotopic (exact) mass is 394 g/mol. The minimum Gasteiger partial charge on any atom is -0.384 e. The van der Waals surface area contributed by atoms with E-state index in [1.807, 2.05) is 31.2 Å². The van der Waals surface area contributed by atoms with E-state index in [4.69, 9.17) is 5.73 Å². The molecule has 6 nitrogen and oxygen atoms in total. The molecule has 1 aromatic carbocycles. The Kier molecular flexibility index (Phi) is 6.86. The minimum absolute atomic E-state index is 0.0291. The average molecular weight is 395 g/mol. The number of nitrogens with two attached hydrogens (primary N) is 1. The molecule has 0 bridgehead atoms. The summed E-state index contributed by atoms with van der Waals surface area (Å²) in [6.45, 7) is 3.94. The van der Waals surface area contributed by atoms with E-state index in [2.05, 4.69) is 27.8 Å². The van der Waals surface area contributed by atoms with Crippen LogP contribution in [0.3, 0.4) is 0 Å². The Labute approximate surface area is 172 Å². The van der Waals surface area contributed by atoms with Gasteiger partial charge in [-0.05, 0) is 56.2 Å². The number of carbonyl (C=O) groups is 2. The molecule has 3 atom stereocenters. The van der Waals surface area contributed by atoms with Crippen molar-refractivity contribution in [1.29, 1.82) is 0 Å². The van der Waals surface area contributed by atoms with Crippen molar-refractivity contribution in [3.8, 4) is 0 Å². The molecule has 29 heavy (non-hydrogen) atoms. The number of benzene rings is 1. The summed E-state index contributed by atoms with van der Waals surface area (Å²) >= 11 is 0. The number of amides is 2. The van der Waals surface area contributed by atoms with E-state index in [-0.39, 0.29) is 17.7 Å². The Morgan fingerprint density at radius 3 is 2.66 bits per heavy atom. The molecular weight excluding hydrogens is 364 g/mol. The smallest absolute Gasteiger partial charge is 0.242 e. The topological polar surface area (TPSA) is 97.1 Å². The van der Waals surface area contributed by atoms with Crippen molar-refractivity contribution in [3.63, 3.8) is 0 Å². The van der Waals surface area contributed by atoms with Crippen LogP contribution in [0.2, 0.25) is 0 Å². The number of pyridine rings is 1. The minimum atomic E-state index is -0.582. The molecule has 6 heteroatoms. The summed E-state index contributed by atoms with van der Waals surface area (Å²) < 4.78 is 0. The van der Waals surface area contributed by atoms with Gasteiger partial charge in [-0.1, -0.05) is 42.8 Å². The number of carbonyl (C=O) groups excluding carboxylic acids is 2. The van der Waals surface area contributed by atoms with Gasteiger partial charge in [0.25, 0.3) is 0 Å². The molecular formula is C23H30N4O2. The lowest BCUT2D eigenvalue weighted by Gasteiger charge is -2.29. The number of anilines is 1. The van der Waals surface area contributed by atoms with Crippen LogP contribution in [0.4, 0.5) is 5.82 Å². The standard InChI is InChI=1S/C23H30N4O2/c1-15-20(11-12-21(24)26-15)14-25-22(28)16(2)27-23(29)19-10-6-9-18(13-19)17-7-4-3-5-8-17/h3-5,7-8,11-12,16,18-19H,6,9-10,13-14H2,1-2H3,(H2,24,26)(H,25,28)(H,27,29)/t16?,18-,19+/m0/s1. The van der Waals surface area contributed by atoms with E-state index in [0.29, 0.717) is 18.3 Å². The van der Waals surface area contributed by atoms with Crippen LogP contribution < -0.4 is 16.4 Å². The van der Waals surface area contributed by atoms with E-state index in [0.717, 1.165) is 36.9 Å². The van der Waals surface area contributed by atoms with Crippen LogP contribution in [0, 0.1) is 12.8 Å². The van der Waals surface area contributed by atoms with Gasteiger partial charge in [-0.3, -0.25) is 9.59 Å². The number of nitrogen functional groups attached to an aromatic ring is 1. The molecule has 0 aliphatic heterocycles. The van der Waals surface area contributed by atoms with Crippen molar-refractivity contribution in [2.45, 2.75) is 58.0 Å². The maximum Gasteiger partial charge on any atom is 0.242 e. The molecule has 2 aromatic rings. The third-order valence-electron chi connectivity index (χ3n) is 5.74. The highest BCUT2D eigenvalue weighted by Crippen LogP contribution is 2.36. The van der Waals surface area contributed by atoms with Crippen molar-refractivity contribution in [1.82, 2.24) is 15.6 Å². The second-order valence-electron chi connectivity index (χ2n) is 7.90. The molecule has 0 radical (unpaired) electrons. The number of rotatable bonds is 6. The summed E-state index contributed by atoms with van der Waals surface area (Å²) in [6.07, 6.45) is 3.85. The van der Waals surface area contributed by atoms with Crippen LogP contribution in [0.15, 0.2) is 42.5 Å². The highest BCUT2D eigenvalue weighted by molar-refractivity contribution is 5.88. The summed E-state index contributed by atoms with van der Waals surface area (Å²) in [6, 6.07) is 13.4. The van der Waals surface area contributed by atoms with Crippen molar-refractivity contribution in [3.05, 3.63) is 59.3 Å². The first-order valence-corrected chi connectivity index (χ1v) is 10.3. The molecule has 2 amide bonds. The Hall–Kier alpha value is -2.89. The molecule has 0 spiro atoms. The van der Waals surface area contributed by atoms with Gasteiger partial charge >= 0.3 is 0 Å². The second kappa shape index (κ2) is 9.54. The number of nitrogens with zero attached hydrogens (tertiary/aromatic N) is 1. The lowest BCUT2D eigenvalue weighted by atomic mass is 9.77. The van der Waals surface area contributed by atoms with Gasteiger partial charge in [-0.25, -0.2) is 4.98 Å². The van der Waals surface area contributed by atoms with Crippen molar-refractivity contribution in [2.75, 3.05) is 5.73 Å². The first kappa shape index (κ1) is 20.8. The predicted octanol–water partition coefficient (Wildman–Crippen LogP) is 3.07. The first-order chi connectivity index (χ1) is 13.9. The van der Waals surface area contributed by atoms with Gasteiger partial charge in [-0.15, -0.1) is 0 Å². The van der Waals surface area contributed by atoms with E-state index in [9.17, 15) is 9.59 Å². The number of aryl methyl sites for hydroxylation is 1. The van der Waals surface area contributed by atoms with E-state index < -0.39 is 6.04 Å². The largest absolute Gasteiger partial charge is 0.384 e. The van der Waals surface area contributed by atoms with Crippen LogP contribution in [0.25, 0.3) is 0 Å². The number of aromatic nitrogens is 1. The average Bonchev–Trinajstić information content (AvgIpc) is 2.73. The molecule has 1 aliphatic rings. The zero-order valence-electron chi connectivity index (χ0n) is 17.2.